The molecule has 242 valence electrons. The second-order valence-corrected chi connectivity index (χ2v) is 13.0. The maximum atomic E-state index is 12.8. The molecule has 0 heterocycles. The van der Waals surface area contributed by atoms with Crippen molar-refractivity contribution in [2.45, 2.75) is 85.5 Å². The maximum Gasteiger partial charge on any atom is 0.315 e. The molecule has 2 aromatic rings. The summed E-state index contributed by atoms with van der Waals surface area (Å²) in [4.78, 5) is 25.4. The first kappa shape index (κ1) is 36.6. The number of carbonyl (C=O) groups is 2. The Bertz CT molecular complexity index is 1290. The molecule has 0 fully saturated rings. The molecule has 0 radical (unpaired) electrons. The molecule has 0 aliphatic carbocycles. The lowest BCUT2D eigenvalue weighted by molar-refractivity contribution is 0.0272. The third-order valence-electron chi connectivity index (χ3n) is 7.72. The van der Waals surface area contributed by atoms with Gasteiger partial charge in [-0.1, -0.05) is 67.6 Å². The zero-order valence-electron chi connectivity index (χ0n) is 28.2. The van der Waals surface area contributed by atoms with E-state index in [1.807, 2.05) is 105 Å². The summed E-state index contributed by atoms with van der Waals surface area (Å²) in [7, 11) is 0. The van der Waals surface area contributed by atoms with E-state index in [1.165, 1.54) is 0 Å². The van der Waals surface area contributed by atoms with Gasteiger partial charge < -0.3 is 30.7 Å². The standard InChI is InChI=1S/C36H54N4O4/c1-24(2)29-14-12-16-31(20-29)35(8,9)39-33(41)37-27(6)23-44-19-18-43-22-26(5)28(7)38-34(42)40-36(10,11)32-17-13-15-30(21-32)25(3)4/h12-17,20-21,26-28H,1,3,18-19,22-23H2,2,4-11H3,(H2,37,39,41)(H2,38,40,42). The molecule has 44 heavy (non-hydrogen) atoms. The highest BCUT2D eigenvalue weighted by Gasteiger charge is 2.26. The van der Waals surface area contributed by atoms with Gasteiger partial charge in [-0.2, -0.15) is 0 Å². The van der Waals surface area contributed by atoms with E-state index in [1.54, 1.807) is 0 Å². The van der Waals surface area contributed by atoms with Crippen molar-refractivity contribution in [2.24, 2.45) is 5.92 Å². The van der Waals surface area contributed by atoms with E-state index in [4.69, 9.17) is 9.47 Å². The molecule has 0 saturated carbocycles. The van der Waals surface area contributed by atoms with Crippen LogP contribution in [0.5, 0.6) is 0 Å². The molecule has 8 heteroatoms. The van der Waals surface area contributed by atoms with Gasteiger partial charge in [0.1, 0.15) is 0 Å². The fraction of sp³-hybridized carbons (Fsp3) is 0.500. The van der Waals surface area contributed by atoms with Gasteiger partial charge in [-0.3, -0.25) is 0 Å². The van der Waals surface area contributed by atoms with Gasteiger partial charge in [0.05, 0.1) is 43.5 Å². The molecule has 8 nitrogen and oxygen atoms in total. The molecular weight excluding hydrogens is 552 g/mol. The van der Waals surface area contributed by atoms with Gasteiger partial charge in [0, 0.05) is 6.04 Å². The van der Waals surface area contributed by atoms with Crippen LogP contribution in [0.25, 0.3) is 11.1 Å². The van der Waals surface area contributed by atoms with Gasteiger partial charge in [0.2, 0.25) is 0 Å². The fourth-order valence-corrected chi connectivity index (χ4v) is 4.54. The van der Waals surface area contributed by atoms with Crippen molar-refractivity contribution in [1.29, 1.82) is 0 Å². The highest BCUT2D eigenvalue weighted by atomic mass is 16.5. The summed E-state index contributed by atoms with van der Waals surface area (Å²) >= 11 is 0. The van der Waals surface area contributed by atoms with Crippen molar-refractivity contribution in [2.75, 3.05) is 26.4 Å². The van der Waals surface area contributed by atoms with Gasteiger partial charge in [0.25, 0.3) is 0 Å². The highest BCUT2D eigenvalue weighted by Crippen LogP contribution is 2.24. The Balaban J connectivity index is 1.66. The van der Waals surface area contributed by atoms with E-state index >= 15 is 0 Å². The van der Waals surface area contributed by atoms with E-state index in [2.05, 4.69) is 40.5 Å². The van der Waals surface area contributed by atoms with Gasteiger partial charge in [-0.15, -0.1) is 0 Å². The van der Waals surface area contributed by atoms with Crippen molar-refractivity contribution in [3.8, 4) is 0 Å². The van der Waals surface area contributed by atoms with Crippen molar-refractivity contribution < 1.29 is 19.1 Å². The van der Waals surface area contributed by atoms with Crippen LogP contribution in [0.15, 0.2) is 61.7 Å². The highest BCUT2D eigenvalue weighted by molar-refractivity contribution is 5.76. The quantitative estimate of drug-likeness (QED) is 0.155. The number of carbonyl (C=O) groups excluding carboxylic acids is 2. The van der Waals surface area contributed by atoms with Crippen molar-refractivity contribution in [3.63, 3.8) is 0 Å². The number of hydrogen-bond donors (Lipinski definition) is 4. The normalized spacial score (nSPS) is 13.8. The van der Waals surface area contributed by atoms with Crippen LogP contribution in [0.3, 0.4) is 0 Å². The zero-order valence-corrected chi connectivity index (χ0v) is 28.2. The molecule has 3 atom stereocenters. The Labute approximate surface area is 265 Å². The maximum absolute atomic E-state index is 12.8. The molecule has 0 aliphatic heterocycles. The molecule has 0 saturated heterocycles. The fourth-order valence-electron chi connectivity index (χ4n) is 4.54. The number of benzene rings is 2. The zero-order chi connectivity index (χ0) is 33.1. The lowest BCUT2D eigenvalue weighted by atomic mass is 9.92. The van der Waals surface area contributed by atoms with Crippen LogP contribution in [0.2, 0.25) is 0 Å². The van der Waals surface area contributed by atoms with Crippen molar-refractivity contribution >= 4 is 23.2 Å². The first-order valence-corrected chi connectivity index (χ1v) is 15.4. The van der Waals surface area contributed by atoms with Gasteiger partial charge in [0.15, 0.2) is 0 Å². The third kappa shape index (κ3) is 11.8. The van der Waals surface area contributed by atoms with E-state index < -0.39 is 11.1 Å². The van der Waals surface area contributed by atoms with Crippen LogP contribution >= 0.6 is 0 Å². The lowest BCUT2D eigenvalue weighted by Crippen LogP contribution is -2.50. The minimum atomic E-state index is -0.555. The minimum Gasteiger partial charge on any atom is -0.379 e. The largest absolute Gasteiger partial charge is 0.379 e. The summed E-state index contributed by atoms with van der Waals surface area (Å²) in [6, 6.07) is 15.3. The molecule has 4 N–H and O–H groups in total. The average Bonchev–Trinajstić information content (AvgIpc) is 2.94. The van der Waals surface area contributed by atoms with Crippen LogP contribution < -0.4 is 21.3 Å². The van der Waals surface area contributed by atoms with Crippen molar-refractivity contribution in [3.05, 3.63) is 83.9 Å². The SMILES string of the molecule is C=C(C)c1cccc(C(C)(C)NC(=O)NC(C)COCCOCC(C)C(C)NC(=O)NC(C)(C)c2cccc(C(=C)C)c2)c1. The molecule has 0 spiro atoms. The molecule has 3 unspecified atom stereocenters. The van der Waals surface area contributed by atoms with Crippen LogP contribution in [0.4, 0.5) is 9.59 Å². The van der Waals surface area contributed by atoms with E-state index in [0.29, 0.717) is 26.4 Å². The second kappa shape index (κ2) is 16.5. The summed E-state index contributed by atoms with van der Waals surface area (Å²) in [5, 5.41) is 12.1. The predicted molar refractivity (Wildman–Crippen MR) is 181 cm³/mol. The Kier molecular flexibility index (Phi) is 13.7. The van der Waals surface area contributed by atoms with E-state index in [0.717, 1.165) is 33.4 Å². The smallest absolute Gasteiger partial charge is 0.315 e. The molecule has 2 rings (SSSR count). The Morgan fingerprint density at radius 3 is 1.61 bits per heavy atom. The first-order chi connectivity index (χ1) is 20.5. The van der Waals surface area contributed by atoms with Crippen LogP contribution in [0, 0.1) is 5.92 Å². The van der Waals surface area contributed by atoms with Gasteiger partial charge >= 0.3 is 12.1 Å². The summed E-state index contributed by atoms with van der Waals surface area (Å²) in [6.07, 6.45) is 0. The van der Waals surface area contributed by atoms with Crippen LogP contribution in [0.1, 0.15) is 84.6 Å². The Morgan fingerprint density at radius 1 is 0.727 bits per heavy atom. The monoisotopic (exact) mass is 606 g/mol. The van der Waals surface area contributed by atoms with Crippen LogP contribution in [-0.2, 0) is 20.6 Å². The lowest BCUT2D eigenvalue weighted by Gasteiger charge is -2.29. The molecule has 4 amide bonds. The van der Waals surface area contributed by atoms with Gasteiger partial charge in [-0.05, 0) is 95.7 Å². The summed E-state index contributed by atoms with van der Waals surface area (Å²) in [5.41, 5.74) is 4.97. The number of allylic oxidation sites excluding steroid dienone is 2. The number of hydrogen-bond acceptors (Lipinski definition) is 4. The van der Waals surface area contributed by atoms with Crippen molar-refractivity contribution in [1.82, 2.24) is 21.3 Å². The number of rotatable bonds is 16. The van der Waals surface area contributed by atoms with Gasteiger partial charge in [-0.25, -0.2) is 9.59 Å². The molecule has 2 aromatic carbocycles. The minimum absolute atomic E-state index is 0.0938. The Hall–Kier alpha value is -3.62. The van der Waals surface area contributed by atoms with E-state index in [9.17, 15) is 9.59 Å². The number of nitrogens with one attached hydrogen (secondary N) is 4. The first-order valence-electron chi connectivity index (χ1n) is 15.4. The summed E-state index contributed by atoms with van der Waals surface area (Å²) in [5.74, 6) is 0.0966. The van der Waals surface area contributed by atoms with E-state index in [-0.39, 0.29) is 30.1 Å². The summed E-state index contributed by atoms with van der Waals surface area (Å²) in [6.45, 7) is 27.4. The summed E-state index contributed by atoms with van der Waals surface area (Å²) < 4.78 is 11.5. The average molecular weight is 607 g/mol. The molecule has 0 aromatic heterocycles. The Morgan fingerprint density at radius 2 is 1.16 bits per heavy atom. The number of amides is 4. The molecular formula is C36H54N4O4. The second-order valence-electron chi connectivity index (χ2n) is 13.0. The molecule has 0 aliphatic rings. The van der Waals surface area contributed by atoms with Crippen LogP contribution in [-0.4, -0.2) is 50.6 Å². The topological polar surface area (TPSA) is 101 Å². The number of ether oxygens (including phenoxy) is 2. The molecule has 0 bridgehead atoms. The third-order valence-corrected chi connectivity index (χ3v) is 7.72. The predicted octanol–water partition coefficient (Wildman–Crippen LogP) is 6.97. The number of urea groups is 2.